The Morgan fingerprint density at radius 1 is 1.06 bits per heavy atom. The van der Waals surface area contributed by atoms with E-state index in [0.29, 0.717) is 19.0 Å². The third-order valence-corrected chi connectivity index (χ3v) is 2.34. The molecule has 2 aromatic heterocycles. The molecule has 0 aromatic carbocycles. The number of hydrogen-bond acceptors (Lipinski definition) is 3. The molecule has 3 nitrogen and oxygen atoms in total. The van der Waals surface area contributed by atoms with Crippen molar-refractivity contribution in [1.29, 1.82) is 0 Å². The number of aromatic nitrogens is 2. The van der Waals surface area contributed by atoms with Crippen molar-refractivity contribution in [1.82, 2.24) is 9.97 Å². The molecule has 0 spiro atoms. The number of halogens is 3. The molecule has 0 aliphatic heterocycles. The highest BCUT2D eigenvalue weighted by atomic mass is 19.2. The molecule has 0 saturated heterocycles. The predicted octanol–water partition coefficient (Wildman–Crippen LogP) is 2.55. The lowest BCUT2D eigenvalue weighted by Crippen LogP contribution is -2.09. The standard InChI is InChI=1S/C12H10F3N3/c13-9-7-10(14)12(18-11(9)15)17-6-3-8-1-4-16-5-2-8/h1-2,4-5,7H,3,6H2,(H,17,18). The largest absolute Gasteiger partial charge is 0.367 e. The molecule has 0 atom stereocenters. The van der Waals surface area contributed by atoms with E-state index in [9.17, 15) is 13.2 Å². The molecule has 2 rings (SSSR count). The Bertz CT molecular complexity index is 532. The van der Waals surface area contributed by atoms with E-state index in [0.717, 1.165) is 5.56 Å². The maximum atomic E-state index is 13.2. The van der Waals surface area contributed by atoms with Crippen molar-refractivity contribution >= 4 is 5.82 Å². The molecular formula is C12H10F3N3. The Morgan fingerprint density at radius 3 is 2.50 bits per heavy atom. The second-order valence-corrected chi connectivity index (χ2v) is 3.62. The lowest BCUT2D eigenvalue weighted by atomic mass is 10.2. The molecule has 0 amide bonds. The van der Waals surface area contributed by atoms with Gasteiger partial charge < -0.3 is 5.32 Å². The van der Waals surface area contributed by atoms with Gasteiger partial charge in [0.15, 0.2) is 17.5 Å². The van der Waals surface area contributed by atoms with Crippen LogP contribution < -0.4 is 5.32 Å². The van der Waals surface area contributed by atoms with E-state index < -0.39 is 17.6 Å². The molecule has 18 heavy (non-hydrogen) atoms. The third-order valence-electron chi connectivity index (χ3n) is 2.34. The molecule has 0 radical (unpaired) electrons. The van der Waals surface area contributed by atoms with Crippen molar-refractivity contribution in [2.45, 2.75) is 6.42 Å². The van der Waals surface area contributed by atoms with Crippen LogP contribution in [0.2, 0.25) is 0 Å². The number of pyridine rings is 2. The molecule has 1 N–H and O–H groups in total. The Hall–Kier alpha value is -2.11. The molecule has 0 unspecified atom stereocenters. The van der Waals surface area contributed by atoms with Crippen LogP contribution in [0, 0.1) is 17.6 Å². The fourth-order valence-corrected chi connectivity index (χ4v) is 1.44. The van der Waals surface area contributed by atoms with Gasteiger partial charge in [-0.15, -0.1) is 0 Å². The summed E-state index contributed by atoms with van der Waals surface area (Å²) in [6.07, 6.45) is 3.89. The quantitative estimate of drug-likeness (QED) is 0.851. The average molecular weight is 253 g/mol. The lowest BCUT2D eigenvalue weighted by Gasteiger charge is -2.06. The zero-order chi connectivity index (χ0) is 13.0. The van der Waals surface area contributed by atoms with E-state index in [-0.39, 0.29) is 5.82 Å². The number of anilines is 1. The van der Waals surface area contributed by atoms with Crippen LogP contribution in [0.25, 0.3) is 0 Å². The highest BCUT2D eigenvalue weighted by Gasteiger charge is 2.10. The number of nitrogens with one attached hydrogen (secondary N) is 1. The molecule has 2 aromatic rings. The Balaban J connectivity index is 1.97. The van der Waals surface area contributed by atoms with Gasteiger partial charge in [-0.3, -0.25) is 4.98 Å². The summed E-state index contributed by atoms with van der Waals surface area (Å²) in [5.74, 6) is -3.82. The van der Waals surface area contributed by atoms with Crippen LogP contribution >= 0.6 is 0 Å². The topological polar surface area (TPSA) is 37.8 Å². The van der Waals surface area contributed by atoms with Gasteiger partial charge in [0.25, 0.3) is 5.95 Å². The molecule has 0 aliphatic carbocycles. The van der Waals surface area contributed by atoms with E-state index in [1.165, 1.54) is 0 Å². The molecule has 0 bridgehead atoms. The second-order valence-electron chi connectivity index (χ2n) is 3.62. The highest BCUT2D eigenvalue weighted by molar-refractivity contribution is 5.36. The zero-order valence-electron chi connectivity index (χ0n) is 9.33. The fourth-order valence-electron chi connectivity index (χ4n) is 1.44. The summed E-state index contributed by atoms with van der Waals surface area (Å²) in [5.41, 5.74) is 1.00. The highest BCUT2D eigenvalue weighted by Crippen LogP contribution is 2.14. The summed E-state index contributed by atoms with van der Waals surface area (Å²) in [5, 5.41) is 2.62. The predicted molar refractivity (Wildman–Crippen MR) is 60.5 cm³/mol. The van der Waals surface area contributed by atoms with E-state index in [1.54, 1.807) is 12.4 Å². The first-order chi connectivity index (χ1) is 8.66. The van der Waals surface area contributed by atoms with Crippen LogP contribution in [0.4, 0.5) is 19.0 Å². The van der Waals surface area contributed by atoms with E-state index >= 15 is 0 Å². The first-order valence-corrected chi connectivity index (χ1v) is 5.31. The first-order valence-electron chi connectivity index (χ1n) is 5.31. The van der Waals surface area contributed by atoms with Gasteiger partial charge in [-0.25, -0.2) is 8.78 Å². The zero-order valence-corrected chi connectivity index (χ0v) is 9.33. The average Bonchev–Trinajstić information content (AvgIpc) is 2.37. The molecular weight excluding hydrogens is 243 g/mol. The molecule has 6 heteroatoms. The van der Waals surface area contributed by atoms with E-state index in [1.807, 2.05) is 12.1 Å². The van der Waals surface area contributed by atoms with Gasteiger partial charge in [-0.1, -0.05) is 0 Å². The first kappa shape index (κ1) is 12.3. The van der Waals surface area contributed by atoms with Gasteiger partial charge in [0.1, 0.15) is 0 Å². The summed E-state index contributed by atoms with van der Waals surface area (Å²) in [6, 6.07) is 4.10. The van der Waals surface area contributed by atoms with Gasteiger partial charge in [-0.05, 0) is 24.1 Å². The van der Waals surface area contributed by atoms with Crippen LogP contribution in [-0.2, 0) is 6.42 Å². The SMILES string of the molecule is Fc1cc(F)c(NCCc2ccncc2)nc1F. The van der Waals surface area contributed by atoms with Crippen molar-refractivity contribution in [2.75, 3.05) is 11.9 Å². The molecule has 0 saturated carbocycles. The van der Waals surface area contributed by atoms with E-state index in [4.69, 9.17) is 0 Å². The van der Waals surface area contributed by atoms with Gasteiger partial charge in [-0.2, -0.15) is 9.37 Å². The summed E-state index contributed by atoms with van der Waals surface area (Å²) >= 11 is 0. The summed E-state index contributed by atoms with van der Waals surface area (Å²) in [6.45, 7) is 0.360. The Labute approximate surface area is 102 Å². The maximum absolute atomic E-state index is 13.2. The van der Waals surface area contributed by atoms with Crippen molar-refractivity contribution in [3.8, 4) is 0 Å². The minimum atomic E-state index is -1.32. The Kier molecular flexibility index (Phi) is 3.76. The van der Waals surface area contributed by atoms with Crippen LogP contribution in [0.3, 0.4) is 0 Å². The molecule has 0 aliphatic rings. The summed E-state index contributed by atoms with van der Waals surface area (Å²) in [4.78, 5) is 7.03. The maximum Gasteiger partial charge on any atom is 0.251 e. The second kappa shape index (κ2) is 5.48. The molecule has 0 fully saturated rings. The van der Waals surface area contributed by atoms with Gasteiger partial charge in [0.2, 0.25) is 0 Å². The Morgan fingerprint density at radius 2 is 1.78 bits per heavy atom. The smallest absolute Gasteiger partial charge is 0.251 e. The van der Waals surface area contributed by atoms with Gasteiger partial charge >= 0.3 is 0 Å². The fraction of sp³-hybridized carbons (Fsp3) is 0.167. The van der Waals surface area contributed by atoms with Crippen molar-refractivity contribution in [2.24, 2.45) is 0 Å². The van der Waals surface area contributed by atoms with Crippen LogP contribution in [-0.4, -0.2) is 16.5 Å². The number of hydrogen-bond donors (Lipinski definition) is 1. The summed E-state index contributed by atoms with van der Waals surface area (Å²) < 4.78 is 38.7. The van der Waals surface area contributed by atoms with Crippen molar-refractivity contribution in [3.63, 3.8) is 0 Å². The molecule has 94 valence electrons. The minimum absolute atomic E-state index is 0.289. The van der Waals surface area contributed by atoms with Crippen LogP contribution in [0.15, 0.2) is 30.6 Å². The summed E-state index contributed by atoms with van der Waals surface area (Å²) in [7, 11) is 0. The number of rotatable bonds is 4. The monoisotopic (exact) mass is 253 g/mol. The normalized spacial score (nSPS) is 10.4. The number of nitrogens with zero attached hydrogens (tertiary/aromatic N) is 2. The molecule has 2 heterocycles. The lowest BCUT2D eigenvalue weighted by molar-refractivity contribution is 0.466. The van der Waals surface area contributed by atoms with E-state index in [2.05, 4.69) is 15.3 Å². The van der Waals surface area contributed by atoms with Crippen molar-refractivity contribution in [3.05, 3.63) is 53.7 Å². The third kappa shape index (κ3) is 2.97. The van der Waals surface area contributed by atoms with Crippen LogP contribution in [0.5, 0.6) is 0 Å². The van der Waals surface area contributed by atoms with Crippen LogP contribution in [0.1, 0.15) is 5.56 Å². The van der Waals surface area contributed by atoms with Crippen molar-refractivity contribution < 1.29 is 13.2 Å². The minimum Gasteiger partial charge on any atom is -0.367 e. The van der Waals surface area contributed by atoms with Gasteiger partial charge in [0, 0.05) is 25.0 Å². The van der Waals surface area contributed by atoms with Gasteiger partial charge in [0.05, 0.1) is 0 Å².